The van der Waals surface area contributed by atoms with Gasteiger partial charge in [0.05, 0.1) is 6.10 Å². The lowest BCUT2D eigenvalue weighted by atomic mass is 10.0. The Kier molecular flexibility index (Phi) is 22.9. The first-order valence-electron chi connectivity index (χ1n) is 12.2. The van der Waals surface area contributed by atoms with Crippen molar-refractivity contribution in [2.45, 2.75) is 142 Å². The van der Waals surface area contributed by atoms with Gasteiger partial charge in [-0.3, -0.25) is 0 Å². The standard InChI is InChI=1S/C24H51NO/c1-3-5-7-16-20-24(26)21-17-14-12-10-9-11-13-15-19-23-25-22-18-8-6-4-2/h24-26H,3-23H2,1-2H3/t24-/m1/s1. The summed E-state index contributed by atoms with van der Waals surface area (Å²) in [5.41, 5.74) is 0. The Hall–Kier alpha value is -0.0800. The molecule has 0 aliphatic heterocycles. The number of aliphatic hydroxyl groups is 1. The largest absolute Gasteiger partial charge is 0.393 e. The molecule has 2 N–H and O–H groups in total. The van der Waals surface area contributed by atoms with Crippen molar-refractivity contribution in [3.63, 3.8) is 0 Å². The third-order valence-corrected chi connectivity index (χ3v) is 5.49. The van der Waals surface area contributed by atoms with E-state index >= 15 is 0 Å². The Bertz CT molecular complexity index is 244. The fourth-order valence-electron chi connectivity index (χ4n) is 3.62. The van der Waals surface area contributed by atoms with Crippen LogP contribution in [-0.2, 0) is 0 Å². The lowest BCUT2D eigenvalue weighted by molar-refractivity contribution is 0.147. The van der Waals surface area contributed by atoms with Gasteiger partial charge in [-0.2, -0.15) is 0 Å². The van der Waals surface area contributed by atoms with E-state index in [1.54, 1.807) is 0 Å². The van der Waals surface area contributed by atoms with Crippen molar-refractivity contribution < 1.29 is 5.11 Å². The summed E-state index contributed by atoms with van der Waals surface area (Å²) in [5.74, 6) is 0. The van der Waals surface area contributed by atoms with Gasteiger partial charge >= 0.3 is 0 Å². The average Bonchev–Trinajstić information content (AvgIpc) is 2.65. The fraction of sp³-hybridized carbons (Fsp3) is 1.00. The van der Waals surface area contributed by atoms with Gasteiger partial charge in [-0.25, -0.2) is 0 Å². The maximum atomic E-state index is 9.96. The number of unbranched alkanes of at least 4 members (excludes halogenated alkanes) is 14. The van der Waals surface area contributed by atoms with Crippen molar-refractivity contribution in [2.24, 2.45) is 0 Å². The molecule has 0 spiro atoms. The maximum Gasteiger partial charge on any atom is 0.0540 e. The van der Waals surface area contributed by atoms with Gasteiger partial charge in [-0.15, -0.1) is 0 Å². The quantitative estimate of drug-likeness (QED) is 0.195. The molecule has 26 heavy (non-hydrogen) atoms. The van der Waals surface area contributed by atoms with Gasteiger partial charge in [0.2, 0.25) is 0 Å². The average molecular weight is 370 g/mol. The SMILES string of the molecule is CCCCCCNCCCCCCCCCCC[C@H](O)CCCCCC. The van der Waals surface area contributed by atoms with E-state index in [2.05, 4.69) is 19.2 Å². The number of rotatable bonds is 22. The second-order valence-corrected chi connectivity index (χ2v) is 8.28. The van der Waals surface area contributed by atoms with Crippen LogP contribution in [0, 0.1) is 0 Å². The lowest BCUT2D eigenvalue weighted by Crippen LogP contribution is -2.16. The van der Waals surface area contributed by atoms with E-state index in [0.29, 0.717) is 0 Å². The summed E-state index contributed by atoms with van der Waals surface area (Å²) in [7, 11) is 0. The summed E-state index contributed by atoms with van der Waals surface area (Å²) >= 11 is 0. The van der Waals surface area contributed by atoms with Crippen molar-refractivity contribution in [3.8, 4) is 0 Å². The second-order valence-electron chi connectivity index (χ2n) is 8.28. The van der Waals surface area contributed by atoms with Crippen molar-refractivity contribution in [1.82, 2.24) is 5.32 Å². The zero-order valence-corrected chi connectivity index (χ0v) is 18.4. The van der Waals surface area contributed by atoms with Crippen LogP contribution in [0.4, 0.5) is 0 Å². The summed E-state index contributed by atoms with van der Waals surface area (Å²) < 4.78 is 0. The minimum atomic E-state index is -0.0351. The van der Waals surface area contributed by atoms with Crippen LogP contribution in [0.25, 0.3) is 0 Å². The highest BCUT2D eigenvalue weighted by Gasteiger charge is 2.03. The minimum Gasteiger partial charge on any atom is -0.393 e. The molecular formula is C24H51NO. The van der Waals surface area contributed by atoms with E-state index in [1.165, 1.54) is 122 Å². The molecule has 0 rings (SSSR count). The molecule has 0 saturated heterocycles. The molecule has 2 nitrogen and oxygen atoms in total. The number of hydrogen-bond acceptors (Lipinski definition) is 2. The molecule has 158 valence electrons. The smallest absolute Gasteiger partial charge is 0.0540 e. The zero-order valence-electron chi connectivity index (χ0n) is 18.4. The van der Waals surface area contributed by atoms with E-state index in [4.69, 9.17) is 0 Å². The molecule has 0 aromatic carbocycles. The fourth-order valence-corrected chi connectivity index (χ4v) is 3.62. The predicted molar refractivity (Wildman–Crippen MR) is 118 cm³/mol. The highest BCUT2D eigenvalue weighted by Crippen LogP contribution is 2.14. The Morgan fingerprint density at radius 2 is 0.846 bits per heavy atom. The van der Waals surface area contributed by atoms with E-state index in [1.807, 2.05) is 0 Å². The van der Waals surface area contributed by atoms with Crippen molar-refractivity contribution in [1.29, 1.82) is 0 Å². The Morgan fingerprint density at radius 3 is 1.31 bits per heavy atom. The third-order valence-electron chi connectivity index (χ3n) is 5.49. The van der Waals surface area contributed by atoms with Gasteiger partial charge in [0.1, 0.15) is 0 Å². The molecular weight excluding hydrogens is 318 g/mol. The van der Waals surface area contributed by atoms with Crippen LogP contribution >= 0.6 is 0 Å². The number of hydrogen-bond donors (Lipinski definition) is 2. The predicted octanol–water partition coefficient (Wildman–Crippen LogP) is 7.39. The van der Waals surface area contributed by atoms with Crippen LogP contribution in [0.2, 0.25) is 0 Å². The summed E-state index contributed by atoms with van der Waals surface area (Å²) in [6, 6.07) is 0. The van der Waals surface area contributed by atoms with Crippen molar-refractivity contribution >= 4 is 0 Å². The van der Waals surface area contributed by atoms with Gasteiger partial charge in [0.25, 0.3) is 0 Å². The highest BCUT2D eigenvalue weighted by atomic mass is 16.3. The van der Waals surface area contributed by atoms with Crippen molar-refractivity contribution in [3.05, 3.63) is 0 Å². The molecule has 0 unspecified atom stereocenters. The van der Waals surface area contributed by atoms with Gasteiger partial charge < -0.3 is 10.4 Å². The van der Waals surface area contributed by atoms with E-state index < -0.39 is 0 Å². The van der Waals surface area contributed by atoms with E-state index in [-0.39, 0.29) is 6.10 Å². The molecule has 2 heteroatoms. The molecule has 0 radical (unpaired) electrons. The maximum absolute atomic E-state index is 9.96. The number of nitrogens with one attached hydrogen (secondary N) is 1. The van der Waals surface area contributed by atoms with Crippen LogP contribution in [0.1, 0.15) is 136 Å². The number of aliphatic hydroxyl groups excluding tert-OH is 1. The van der Waals surface area contributed by atoms with Crippen LogP contribution in [-0.4, -0.2) is 24.3 Å². The van der Waals surface area contributed by atoms with Gasteiger partial charge in [0, 0.05) is 0 Å². The Morgan fingerprint density at radius 1 is 0.500 bits per heavy atom. The highest BCUT2D eigenvalue weighted by molar-refractivity contribution is 4.57. The summed E-state index contributed by atoms with van der Waals surface area (Å²) in [5, 5.41) is 13.5. The van der Waals surface area contributed by atoms with Gasteiger partial charge in [0.15, 0.2) is 0 Å². The lowest BCUT2D eigenvalue weighted by Gasteiger charge is -2.10. The first-order chi connectivity index (χ1) is 12.8. The van der Waals surface area contributed by atoms with Crippen molar-refractivity contribution in [2.75, 3.05) is 13.1 Å². The van der Waals surface area contributed by atoms with Crippen LogP contribution in [0.5, 0.6) is 0 Å². The third kappa shape index (κ3) is 22.0. The second kappa shape index (κ2) is 23.0. The normalized spacial score (nSPS) is 12.6. The topological polar surface area (TPSA) is 32.3 Å². The molecule has 0 saturated carbocycles. The molecule has 0 aromatic rings. The molecule has 0 bridgehead atoms. The molecule has 0 aromatic heterocycles. The molecule has 0 aliphatic carbocycles. The minimum absolute atomic E-state index is 0.0351. The Balaban J connectivity index is 3.06. The summed E-state index contributed by atoms with van der Waals surface area (Å²) in [4.78, 5) is 0. The van der Waals surface area contributed by atoms with Crippen LogP contribution < -0.4 is 5.32 Å². The first kappa shape index (κ1) is 25.9. The molecule has 0 fully saturated rings. The van der Waals surface area contributed by atoms with Crippen LogP contribution in [0.3, 0.4) is 0 Å². The summed E-state index contributed by atoms with van der Waals surface area (Å²) in [6.45, 7) is 6.94. The first-order valence-corrected chi connectivity index (χ1v) is 12.2. The van der Waals surface area contributed by atoms with E-state index in [9.17, 15) is 5.11 Å². The van der Waals surface area contributed by atoms with Gasteiger partial charge in [-0.05, 0) is 38.8 Å². The monoisotopic (exact) mass is 369 g/mol. The van der Waals surface area contributed by atoms with Gasteiger partial charge in [-0.1, -0.05) is 110 Å². The zero-order chi connectivity index (χ0) is 19.1. The summed E-state index contributed by atoms with van der Waals surface area (Å²) in [6.07, 6.45) is 24.9. The molecule has 0 heterocycles. The molecule has 0 aliphatic rings. The Labute approximate surface area is 165 Å². The molecule has 0 amide bonds. The molecule has 1 atom stereocenters. The van der Waals surface area contributed by atoms with E-state index in [0.717, 1.165) is 12.8 Å². The van der Waals surface area contributed by atoms with Crippen LogP contribution in [0.15, 0.2) is 0 Å².